The van der Waals surface area contributed by atoms with E-state index < -0.39 is 0 Å². The van der Waals surface area contributed by atoms with Gasteiger partial charge < -0.3 is 10.1 Å². The van der Waals surface area contributed by atoms with Crippen LogP contribution in [-0.4, -0.2) is 6.61 Å². The van der Waals surface area contributed by atoms with Crippen LogP contribution in [-0.2, 0) is 6.54 Å². The van der Waals surface area contributed by atoms with E-state index in [1.165, 1.54) is 6.07 Å². The Morgan fingerprint density at radius 2 is 2.00 bits per heavy atom. The van der Waals surface area contributed by atoms with Crippen LogP contribution in [0.15, 0.2) is 46.9 Å². The van der Waals surface area contributed by atoms with Crippen LogP contribution in [0.25, 0.3) is 0 Å². The summed E-state index contributed by atoms with van der Waals surface area (Å²) >= 11 is 3.15. The van der Waals surface area contributed by atoms with E-state index >= 15 is 0 Å². The third kappa shape index (κ3) is 3.97. The van der Waals surface area contributed by atoms with Crippen LogP contribution in [0.1, 0.15) is 18.9 Å². The molecule has 2 aromatic carbocycles. The van der Waals surface area contributed by atoms with E-state index in [9.17, 15) is 4.39 Å². The van der Waals surface area contributed by atoms with Crippen LogP contribution < -0.4 is 10.1 Å². The number of benzene rings is 2. The maximum atomic E-state index is 13.5. The standard InChI is InChI=1S/C16H17BrFNO/c1-2-9-20-16-6-4-3-5-15(16)19-11-12-7-8-13(17)14(18)10-12/h3-8,10,19H,2,9,11H2,1H3. The van der Waals surface area contributed by atoms with E-state index in [0.29, 0.717) is 17.6 Å². The minimum Gasteiger partial charge on any atom is -0.491 e. The van der Waals surface area contributed by atoms with E-state index in [4.69, 9.17) is 4.74 Å². The molecular weight excluding hydrogens is 321 g/mol. The topological polar surface area (TPSA) is 21.3 Å². The monoisotopic (exact) mass is 337 g/mol. The van der Waals surface area contributed by atoms with Crippen LogP contribution in [0, 0.1) is 5.82 Å². The molecule has 0 aliphatic rings. The molecule has 106 valence electrons. The highest BCUT2D eigenvalue weighted by molar-refractivity contribution is 9.10. The third-order valence-corrected chi connectivity index (χ3v) is 3.46. The Labute approximate surface area is 127 Å². The van der Waals surface area contributed by atoms with Gasteiger partial charge in [0.25, 0.3) is 0 Å². The lowest BCUT2D eigenvalue weighted by Crippen LogP contribution is -2.03. The number of nitrogens with one attached hydrogen (secondary N) is 1. The van der Waals surface area contributed by atoms with Crippen LogP contribution in [0.5, 0.6) is 5.75 Å². The third-order valence-electron chi connectivity index (χ3n) is 2.82. The molecule has 20 heavy (non-hydrogen) atoms. The van der Waals surface area contributed by atoms with Gasteiger partial charge in [-0.2, -0.15) is 0 Å². The molecule has 0 fully saturated rings. The molecule has 2 aromatic rings. The molecule has 2 rings (SSSR count). The quantitative estimate of drug-likeness (QED) is 0.801. The van der Waals surface area contributed by atoms with Crippen LogP contribution in [0.3, 0.4) is 0 Å². The maximum Gasteiger partial charge on any atom is 0.142 e. The zero-order valence-electron chi connectivity index (χ0n) is 11.3. The van der Waals surface area contributed by atoms with Gasteiger partial charge in [0.15, 0.2) is 0 Å². The van der Waals surface area contributed by atoms with Crippen LogP contribution >= 0.6 is 15.9 Å². The van der Waals surface area contributed by atoms with E-state index in [1.54, 1.807) is 6.07 Å². The van der Waals surface area contributed by atoms with Gasteiger partial charge in [-0.3, -0.25) is 0 Å². The molecule has 0 unspecified atom stereocenters. The first kappa shape index (κ1) is 14.9. The SMILES string of the molecule is CCCOc1ccccc1NCc1ccc(Br)c(F)c1. The highest BCUT2D eigenvalue weighted by Gasteiger charge is 2.04. The second-order valence-electron chi connectivity index (χ2n) is 4.45. The summed E-state index contributed by atoms with van der Waals surface area (Å²) in [6.07, 6.45) is 0.965. The molecule has 0 spiro atoms. The molecule has 0 aliphatic heterocycles. The van der Waals surface area contributed by atoms with Crippen molar-refractivity contribution in [3.63, 3.8) is 0 Å². The van der Waals surface area contributed by atoms with Crippen molar-refractivity contribution in [3.8, 4) is 5.75 Å². The lowest BCUT2D eigenvalue weighted by atomic mass is 10.2. The number of anilines is 1. The molecule has 2 nitrogen and oxygen atoms in total. The molecule has 0 atom stereocenters. The van der Waals surface area contributed by atoms with Crippen molar-refractivity contribution in [2.45, 2.75) is 19.9 Å². The Kier molecular flexibility index (Phi) is 5.41. The molecule has 0 saturated carbocycles. The first-order valence-corrected chi connectivity index (χ1v) is 7.39. The molecule has 4 heteroatoms. The zero-order valence-corrected chi connectivity index (χ0v) is 12.9. The van der Waals surface area contributed by atoms with Crippen molar-refractivity contribution in [1.29, 1.82) is 0 Å². The summed E-state index contributed by atoms with van der Waals surface area (Å²) in [5, 5.41) is 3.28. The predicted octanol–water partition coefficient (Wildman–Crippen LogP) is 4.99. The Bertz CT molecular complexity index is 574. The fourth-order valence-electron chi connectivity index (χ4n) is 1.80. The fraction of sp³-hybridized carbons (Fsp3) is 0.250. The molecule has 0 radical (unpaired) electrons. The van der Waals surface area contributed by atoms with E-state index in [2.05, 4.69) is 28.2 Å². The number of para-hydroxylation sites is 2. The Hall–Kier alpha value is -1.55. The first-order valence-electron chi connectivity index (χ1n) is 6.60. The largest absolute Gasteiger partial charge is 0.491 e. The molecule has 0 aromatic heterocycles. The molecule has 0 saturated heterocycles. The van der Waals surface area contributed by atoms with Gasteiger partial charge >= 0.3 is 0 Å². The van der Waals surface area contributed by atoms with Gasteiger partial charge in [-0.25, -0.2) is 4.39 Å². The van der Waals surface area contributed by atoms with Gasteiger partial charge in [0.1, 0.15) is 11.6 Å². The van der Waals surface area contributed by atoms with E-state index in [1.807, 2.05) is 30.3 Å². The number of ether oxygens (including phenoxy) is 1. The van der Waals surface area contributed by atoms with Crippen LogP contribution in [0.2, 0.25) is 0 Å². The first-order chi connectivity index (χ1) is 9.70. The van der Waals surface area contributed by atoms with E-state index in [0.717, 1.165) is 23.4 Å². The van der Waals surface area contributed by atoms with Crippen molar-refractivity contribution in [2.75, 3.05) is 11.9 Å². The number of hydrogen-bond donors (Lipinski definition) is 1. The Morgan fingerprint density at radius 3 is 2.75 bits per heavy atom. The van der Waals surface area contributed by atoms with Gasteiger partial charge in [0.05, 0.1) is 16.8 Å². The van der Waals surface area contributed by atoms with Crippen molar-refractivity contribution in [3.05, 3.63) is 58.3 Å². The fourth-order valence-corrected chi connectivity index (χ4v) is 2.04. The highest BCUT2D eigenvalue weighted by atomic mass is 79.9. The molecule has 0 bridgehead atoms. The van der Waals surface area contributed by atoms with Gasteiger partial charge in [-0.05, 0) is 52.2 Å². The molecular formula is C16H17BrFNO. The smallest absolute Gasteiger partial charge is 0.142 e. The normalized spacial score (nSPS) is 10.3. The summed E-state index contributed by atoms with van der Waals surface area (Å²) < 4.78 is 19.6. The van der Waals surface area contributed by atoms with Gasteiger partial charge in [-0.15, -0.1) is 0 Å². The average molecular weight is 338 g/mol. The predicted molar refractivity (Wildman–Crippen MR) is 83.7 cm³/mol. The summed E-state index contributed by atoms with van der Waals surface area (Å²) in [4.78, 5) is 0. The number of rotatable bonds is 6. The second-order valence-corrected chi connectivity index (χ2v) is 5.30. The van der Waals surface area contributed by atoms with Gasteiger partial charge in [-0.1, -0.05) is 25.1 Å². The van der Waals surface area contributed by atoms with Crippen molar-refractivity contribution in [1.82, 2.24) is 0 Å². The minimum absolute atomic E-state index is 0.250. The molecule has 0 heterocycles. The van der Waals surface area contributed by atoms with Crippen molar-refractivity contribution >= 4 is 21.6 Å². The zero-order chi connectivity index (χ0) is 14.4. The molecule has 0 amide bonds. The van der Waals surface area contributed by atoms with Gasteiger partial charge in [0, 0.05) is 6.54 Å². The molecule has 1 N–H and O–H groups in total. The second kappa shape index (κ2) is 7.29. The number of halogens is 2. The van der Waals surface area contributed by atoms with Gasteiger partial charge in [0.2, 0.25) is 0 Å². The lowest BCUT2D eigenvalue weighted by Gasteiger charge is -2.13. The highest BCUT2D eigenvalue weighted by Crippen LogP contribution is 2.25. The molecule has 0 aliphatic carbocycles. The maximum absolute atomic E-state index is 13.5. The summed E-state index contributed by atoms with van der Waals surface area (Å²) in [7, 11) is 0. The summed E-state index contributed by atoms with van der Waals surface area (Å²) in [6.45, 7) is 3.31. The lowest BCUT2D eigenvalue weighted by molar-refractivity contribution is 0.319. The van der Waals surface area contributed by atoms with E-state index in [-0.39, 0.29) is 5.82 Å². The summed E-state index contributed by atoms with van der Waals surface area (Å²) in [6, 6.07) is 12.9. The van der Waals surface area contributed by atoms with Crippen molar-refractivity contribution < 1.29 is 9.13 Å². The average Bonchev–Trinajstić information content (AvgIpc) is 2.47. The summed E-state index contributed by atoms with van der Waals surface area (Å²) in [5.74, 6) is 0.576. The van der Waals surface area contributed by atoms with Crippen molar-refractivity contribution in [2.24, 2.45) is 0 Å². The Balaban J connectivity index is 2.04. The minimum atomic E-state index is -0.250. The van der Waals surface area contributed by atoms with Crippen LogP contribution in [0.4, 0.5) is 10.1 Å². The number of hydrogen-bond acceptors (Lipinski definition) is 2. The Morgan fingerprint density at radius 1 is 1.20 bits per heavy atom. The summed E-state index contributed by atoms with van der Waals surface area (Å²) in [5.41, 5.74) is 1.81.